The highest BCUT2D eigenvalue weighted by molar-refractivity contribution is 6.33. The van der Waals surface area contributed by atoms with Crippen molar-refractivity contribution in [2.24, 2.45) is 5.92 Å². The molecule has 1 amide bonds. The molecule has 0 aliphatic heterocycles. The highest BCUT2D eigenvalue weighted by atomic mass is 35.5. The maximum absolute atomic E-state index is 12.1. The predicted octanol–water partition coefficient (Wildman–Crippen LogP) is 3.88. The minimum atomic E-state index is -4.40. The van der Waals surface area contributed by atoms with Gasteiger partial charge in [-0.2, -0.15) is 13.2 Å². The lowest BCUT2D eigenvalue weighted by Crippen LogP contribution is -2.17. The lowest BCUT2D eigenvalue weighted by molar-refractivity contribution is -0.142. The van der Waals surface area contributed by atoms with Gasteiger partial charge >= 0.3 is 12.1 Å². The van der Waals surface area contributed by atoms with Crippen LogP contribution < -0.4 is 5.32 Å². The van der Waals surface area contributed by atoms with E-state index in [4.69, 9.17) is 16.7 Å². The minimum Gasteiger partial charge on any atom is -0.481 e. The Morgan fingerprint density at radius 3 is 2.55 bits per heavy atom. The topological polar surface area (TPSA) is 66.4 Å². The first-order valence-electron chi connectivity index (χ1n) is 6.46. The SMILES string of the molecule is C[C@H](Cc1ccc(Cl)c(NC(=O)CCC(F)(F)F)c1)C(=O)O. The summed E-state index contributed by atoms with van der Waals surface area (Å²) < 4.78 is 36.2. The van der Waals surface area contributed by atoms with Gasteiger partial charge in [0.05, 0.1) is 23.0 Å². The van der Waals surface area contributed by atoms with Crippen LogP contribution in [0.5, 0.6) is 0 Å². The maximum Gasteiger partial charge on any atom is 0.389 e. The Labute approximate surface area is 130 Å². The number of rotatable bonds is 6. The number of nitrogens with one attached hydrogen (secondary N) is 1. The molecule has 0 spiro atoms. The number of hydrogen-bond acceptors (Lipinski definition) is 2. The summed E-state index contributed by atoms with van der Waals surface area (Å²) in [5.41, 5.74) is 0.786. The van der Waals surface area contributed by atoms with E-state index in [0.29, 0.717) is 5.56 Å². The molecule has 0 saturated heterocycles. The van der Waals surface area contributed by atoms with Crippen LogP contribution in [0.25, 0.3) is 0 Å². The molecule has 0 aliphatic rings. The lowest BCUT2D eigenvalue weighted by Gasteiger charge is -2.12. The molecule has 22 heavy (non-hydrogen) atoms. The third-order valence-corrected chi connectivity index (χ3v) is 3.23. The van der Waals surface area contributed by atoms with Gasteiger partial charge in [0.2, 0.25) is 5.91 Å². The molecule has 122 valence electrons. The van der Waals surface area contributed by atoms with Gasteiger partial charge in [-0.1, -0.05) is 24.6 Å². The van der Waals surface area contributed by atoms with Crippen LogP contribution in [-0.2, 0) is 16.0 Å². The molecule has 0 bridgehead atoms. The van der Waals surface area contributed by atoms with Gasteiger partial charge in [-0.3, -0.25) is 9.59 Å². The van der Waals surface area contributed by atoms with E-state index in [1.807, 2.05) is 0 Å². The van der Waals surface area contributed by atoms with Gasteiger partial charge in [0, 0.05) is 6.42 Å². The lowest BCUT2D eigenvalue weighted by atomic mass is 10.0. The maximum atomic E-state index is 12.1. The first-order chi connectivity index (χ1) is 10.1. The second kappa shape index (κ2) is 7.49. The van der Waals surface area contributed by atoms with Crippen LogP contribution in [0.1, 0.15) is 25.3 Å². The van der Waals surface area contributed by atoms with E-state index in [1.54, 1.807) is 6.07 Å². The van der Waals surface area contributed by atoms with E-state index in [-0.39, 0.29) is 17.1 Å². The zero-order valence-corrected chi connectivity index (χ0v) is 12.5. The number of carboxylic acid groups (broad SMARTS) is 1. The molecule has 1 aromatic rings. The second-order valence-electron chi connectivity index (χ2n) is 4.92. The Morgan fingerprint density at radius 2 is 2.00 bits per heavy atom. The Hall–Kier alpha value is -1.76. The summed E-state index contributed by atoms with van der Waals surface area (Å²) in [6.45, 7) is 1.53. The normalized spacial score (nSPS) is 12.8. The molecule has 0 aliphatic carbocycles. The zero-order valence-electron chi connectivity index (χ0n) is 11.7. The molecule has 1 aromatic carbocycles. The van der Waals surface area contributed by atoms with Crippen molar-refractivity contribution in [3.63, 3.8) is 0 Å². The number of carbonyl (C=O) groups is 2. The van der Waals surface area contributed by atoms with Crippen molar-refractivity contribution in [1.29, 1.82) is 0 Å². The number of aliphatic carboxylic acids is 1. The third-order valence-electron chi connectivity index (χ3n) is 2.90. The van der Waals surface area contributed by atoms with Crippen LogP contribution in [-0.4, -0.2) is 23.2 Å². The monoisotopic (exact) mass is 337 g/mol. The molecule has 2 N–H and O–H groups in total. The Balaban J connectivity index is 2.74. The van der Waals surface area contributed by atoms with Crippen molar-refractivity contribution >= 4 is 29.2 Å². The number of anilines is 1. The van der Waals surface area contributed by atoms with Crippen LogP contribution >= 0.6 is 11.6 Å². The molecule has 0 unspecified atom stereocenters. The van der Waals surface area contributed by atoms with Crippen molar-refractivity contribution in [3.05, 3.63) is 28.8 Å². The van der Waals surface area contributed by atoms with E-state index in [9.17, 15) is 22.8 Å². The van der Waals surface area contributed by atoms with Gasteiger partial charge in [-0.05, 0) is 24.1 Å². The second-order valence-corrected chi connectivity index (χ2v) is 5.33. The van der Waals surface area contributed by atoms with Crippen LogP contribution in [0.15, 0.2) is 18.2 Å². The number of carboxylic acids is 1. The van der Waals surface area contributed by atoms with Crippen LogP contribution in [0.3, 0.4) is 0 Å². The summed E-state index contributed by atoms with van der Waals surface area (Å²) in [5.74, 6) is -2.40. The van der Waals surface area contributed by atoms with Crippen LogP contribution in [0.4, 0.5) is 18.9 Å². The molecular weight excluding hydrogens is 323 g/mol. The molecule has 4 nitrogen and oxygen atoms in total. The highest BCUT2D eigenvalue weighted by Gasteiger charge is 2.28. The molecule has 1 rings (SSSR count). The summed E-state index contributed by atoms with van der Waals surface area (Å²) in [6.07, 6.45) is -6.10. The Kier molecular flexibility index (Phi) is 6.22. The van der Waals surface area contributed by atoms with Gasteiger partial charge < -0.3 is 10.4 Å². The highest BCUT2D eigenvalue weighted by Crippen LogP contribution is 2.26. The standard InChI is InChI=1S/C14H15ClF3NO3/c1-8(13(21)22)6-9-2-3-10(15)11(7-9)19-12(20)4-5-14(16,17)18/h2-3,7-8H,4-6H2,1H3,(H,19,20)(H,21,22)/t8-/m1/s1. The van der Waals surface area contributed by atoms with Crippen LogP contribution in [0.2, 0.25) is 5.02 Å². The summed E-state index contributed by atoms with van der Waals surface area (Å²) in [4.78, 5) is 22.3. The van der Waals surface area contributed by atoms with Crippen LogP contribution in [0, 0.1) is 5.92 Å². The van der Waals surface area contributed by atoms with E-state index in [2.05, 4.69) is 5.32 Å². The summed E-state index contributed by atoms with van der Waals surface area (Å²) in [6, 6.07) is 4.53. The fourth-order valence-electron chi connectivity index (χ4n) is 1.70. The van der Waals surface area contributed by atoms with Gasteiger partial charge in [0.25, 0.3) is 0 Å². The molecular formula is C14H15ClF3NO3. The van der Waals surface area contributed by atoms with E-state index < -0.39 is 36.8 Å². The number of benzene rings is 1. The van der Waals surface area contributed by atoms with Crippen molar-refractivity contribution in [2.45, 2.75) is 32.4 Å². The van der Waals surface area contributed by atoms with E-state index >= 15 is 0 Å². The molecule has 0 heterocycles. The number of carbonyl (C=O) groups excluding carboxylic acids is 1. The van der Waals surface area contributed by atoms with Crippen molar-refractivity contribution in [2.75, 3.05) is 5.32 Å². The molecule has 0 aromatic heterocycles. The Bertz CT molecular complexity index is 561. The van der Waals surface area contributed by atoms with Crippen molar-refractivity contribution in [1.82, 2.24) is 0 Å². The minimum absolute atomic E-state index is 0.170. The zero-order chi connectivity index (χ0) is 16.9. The molecule has 0 radical (unpaired) electrons. The molecule has 0 fully saturated rings. The van der Waals surface area contributed by atoms with E-state index in [0.717, 1.165) is 0 Å². The van der Waals surface area contributed by atoms with Gasteiger partial charge in [-0.15, -0.1) is 0 Å². The third kappa shape index (κ3) is 6.34. The summed E-state index contributed by atoms with van der Waals surface area (Å²) >= 11 is 5.88. The molecule has 0 saturated carbocycles. The largest absolute Gasteiger partial charge is 0.481 e. The van der Waals surface area contributed by atoms with Crippen molar-refractivity contribution < 1.29 is 27.9 Å². The van der Waals surface area contributed by atoms with Gasteiger partial charge in [-0.25, -0.2) is 0 Å². The fourth-order valence-corrected chi connectivity index (χ4v) is 1.87. The number of halogens is 4. The first-order valence-corrected chi connectivity index (χ1v) is 6.84. The molecule has 8 heteroatoms. The smallest absolute Gasteiger partial charge is 0.389 e. The van der Waals surface area contributed by atoms with E-state index in [1.165, 1.54) is 19.1 Å². The molecule has 1 atom stereocenters. The Morgan fingerprint density at radius 1 is 1.36 bits per heavy atom. The fraction of sp³-hybridized carbons (Fsp3) is 0.429. The average molecular weight is 338 g/mol. The number of hydrogen-bond donors (Lipinski definition) is 2. The predicted molar refractivity (Wildman–Crippen MR) is 75.9 cm³/mol. The van der Waals surface area contributed by atoms with Gasteiger partial charge in [0.1, 0.15) is 0 Å². The number of amides is 1. The quantitative estimate of drug-likeness (QED) is 0.827. The van der Waals surface area contributed by atoms with Crippen molar-refractivity contribution in [3.8, 4) is 0 Å². The first kappa shape index (κ1) is 18.3. The summed E-state index contributed by atoms with van der Waals surface area (Å²) in [7, 11) is 0. The number of alkyl halides is 3. The average Bonchev–Trinajstić information content (AvgIpc) is 2.39. The van der Waals surface area contributed by atoms with Gasteiger partial charge in [0.15, 0.2) is 0 Å². The summed E-state index contributed by atoms with van der Waals surface area (Å²) in [5, 5.41) is 11.3.